The van der Waals surface area contributed by atoms with Crippen LogP contribution in [0.4, 0.5) is 5.69 Å². The van der Waals surface area contributed by atoms with Crippen molar-refractivity contribution in [1.29, 1.82) is 0 Å². The highest BCUT2D eigenvalue weighted by Crippen LogP contribution is 2.24. The molecule has 4 nitrogen and oxygen atoms in total. The maximum Gasteiger partial charge on any atom is 0.228 e. The number of carbonyl (C=O) groups excluding carboxylic acids is 1. The van der Waals surface area contributed by atoms with Crippen molar-refractivity contribution in [2.24, 2.45) is 5.92 Å². The van der Waals surface area contributed by atoms with Gasteiger partial charge in [-0.25, -0.2) is 0 Å². The number of hydrogen-bond acceptors (Lipinski definition) is 3. The zero-order chi connectivity index (χ0) is 12.5. The summed E-state index contributed by atoms with van der Waals surface area (Å²) in [6, 6.07) is 5.97. The SMILES string of the molecule is Nc1ccc2c(c1)CCN(C(=O)C1CCOC1)C2. The molecule has 0 saturated carbocycles. The van der Waals surface area contributed by atoms with E-state index in [2.05, 4.69) is 0 Å². The van der Waals surface area contributed by atoms with Gasteiger partial charge < -0.3 is 15.4 Å². The standard InChI is InChI=1S/C14H18N2O2/c15-13-2-1-11-8-16(5-3-10(11)7-13)14(17)12-4-6-18-9-12/h1-2,7,12H,3-6,8-9,15H2. The third kappa shape index (κ3) is 2.08. The number of rotatable bonds is 1. The lowest BCUT2D eigenvalue weighted by molar-refractivity contribution is -0.136. The number of ether oxygens (including phenoxy) is 1. The number of carbonyl (C=O) groups is 1. The summed E-state index contributed by atoms with van der Waals surface area (Å²) in [7, 11) is 0. The molecule has 1 saturated heterocycles. The van der Waals surface area contributed by atoms with E-state index >= 15 is 0 Å². The molecule has 1 unspecified atom stereocenters. The Morgan fingerprint density at radius 3 is 3.06 bits per heavy atom. The molecule has 1 fully saturated rings. The highest BCUT2D eigenvalue weighted by atomic mass is 16.5. The second-order valence-corrected chi connectivity index (χ2v) is 5.10. The van der Waals surface area contributed by atoms with Crippen molar-refractivity contribution in [2.75, 3.05) is 25.5 Å². The maximum atomic E-state index is 12.3. The number of nitrogens with zero attached hydrogens (tertiary/aromatic N) is 1. The quantitative estimate of drug-likeness (QED) is 0.757. The smallest absolute Gasteiger partial charge is 0.228 e. The van der Waals surface area contributed by atoms with E-state index in [9.17, 15) is 4.79 Å². The van der Waals surface area contributed by atoms with Gasteiger partial charge in [-0.1, -0.05) is 6.07 Å². The third-order valence-corrected chi connectivity index (χ3v) is 3.83. The number of nitrogens with two attached hydrogens (primary N) is 1. The lowest BCUT2D eigenvalue weighted by Crippen LogP contribution is -2.40. The summed E-state index contributed by atoms with van der Waals surface area (Å²) in [5, 5.41) is 0. The number of benzene rings is 1. The van der Waals surface area contributed by atoms with Gasteiger partial charge in [0, 0.05) is 25.4 Å². The van der Waals surface area contributed by atoms with Crippen LogP contribution in [0, 0.1) is 5.92 Å². The molecule has 2 aliphatic heterocycles. The number of hydrogen-bond donors (Lipinski definition) is 1. The monoisotopic (exact) mass is 246 g/mol. The molecule has 96 valence electrons. The first-order valence-electron chi connectivity index (χ1n) is 6.48. The topological polar surface area (TPSA) is 55.6 Å². The van der Waals surface area contributed by atoms with Gasteiger partial charge in [-0.3, -0.25) is 4.79 Å². The Hall–Kier alpha value is -1.55. The summed E-state index contributed by atoms with van der Waals surface area (Å²) >= 11 is 0. The molecule has 2 heterocycles. The van der Waals surface area contributed by atoms with Crippen LogP contribution in [0.2, 0.25) is 0 Å². The Labute approximate surface area is 107 Å². The molecule has 1 amide bonds. The van der Waals surface area contributed by atoms with E-state index in [0.717, 1.165) is 31.7 Å². The summed E-state index contributed by atoms with van der Waals surface area (Å²) in [6.45, 7) is 2.82. The van der Waals surface area contributed by atoms with Crippen LogP contribution in [0.15, 0.2) is 18.2 Å². The van der Waals surface area contributed by atoms with Gasteiger partial charge in [0.1, 0.15) is 0 Å². The first kappa shape index (κ1) is 11.5. The lowest BCUT2D eigenvalue weighted by atomic mass is 9.97. The first-order valence-corrected chi connectivity index (χ1v) is 6.48. The summed E-state index contributed by atoms with van der Waals surface area (Å²) in [4.78, 5) is 14.3. The van der Waals surface area contributed by atoms with E-state index in [1.165, 1.54) is 11.1 Å². The number of fused-ring (bicyclic) bond motifs is 1. The Morgan fingerprint density at radius 1 is 1.39 bits per heavy atom. The van der Waals surface area contributed by atoms with Crippen LogP contribution in [-0.4, -0.2) is 30.6 Å². The minimum absolute atomic E-state index is 0.0698. The van der Waals surface area contributed by atoms with E-state index in [-0.39, 0.29) is 11.8 Å². The molecule has 3 rings (SSSR count). The fourth-order valence-electron chi connectivity index (χ4n) is 2.75. The predicted molar refractivity (Wildman–Crippen MR) is 68.9 cm³/mol. The van der Waals surface area contributed by atoms with Gasteiger partial charge in [0.05, 0.1) is 12.5 Å². The molecule has 0 aromatic heterocycles. The van der Waals surface area contributed by atoms with Gasteiger partial charge >= 0.3 is 0 Å². The first-order chi connectivity index (χ1) is 8.74. The van der Waals surface area contributed by atoms with Crippen LogP contribution in [0.25, 0.3) is 0 Å². The molecule has 0 bridgehead atoms. The molecule has 2 aliphatic rings. The highest BCUT2D eigenvalue weighted by molar-refractivity contribution is 5.79. The third-order valence-electron chi connectivity index (χ3n) is 3.83. The fraction of sp³-hybridized carbons (Fsp3) is 0.500. The zero-order valence-corrected chi connectivity index (χ0v) is 10.4. The number of nitrogen functional groups attached to an aromatic ring is 1. The minimum atomic E-state index is 0.0698. The number of anilines is 1. The number of amides is 1. The van der Waals surface area contributed by atoms with Crippen LogP contribution in [-0.2, 0) is 22.5 Å². The lowest BCUT2D eigenvalue weighted by Gasteiger charge is -2.30. The summed E-state index contributed by atoms with van der Waals surface area (Å²) in [5.74, 6) is 0.315. The van der Waals surface area contributed by atoms with E-state index in [4.69, 9.17) is 10.5 Å². The Balaban J connectivity index is 1.74. The molecule has 0 spiro atoms. The minimum Gasteiger partial charge on any atom is -0.399 e. The van der Waals surface area contributed by atoms with E-state index in [0.29, 0.717) is 13.2 Å². The molecule has 1 aromatic rings. The van der Waals surface area contributed by atoms with Crippen LogP contribution >= 0.6 is 0 Å². The van der Waals surface area contributed by atoms with Crippen molar-refractivity contribution in [3.63, 3.8) is 0 Å². The summed E-state index contributed by atoms with van der Waals surface area (Å²) < 4.78 is 5.29. The van der Waals surface area contributed by atoms with E-state index in [1.807, 2.05) is 23.1 Å². The second kappa shape index (κ2) is 4.61. The van der Waals surface area contributed by atoms with Gasteiger partial charge in [0.2, 0.25) is 5.91 Å². The van der Waals surface area contributed by atoms with Crippen molar-refractivity contribution in [1.82, 2.24) is 4.90 Å². The van der Waals surface area contributed by atoms with E-state index < -0.39 is 0 Å². The average Bonchev–Trinajstić information content (AvgIpc) is 2.91. The van der Waals surface area contributed by atoms with Crippen LogP contribution < -0.4 is 5.73 Å². The zero-order valence-electron chi connectivity index (χ0n) is 10.4. The molecule has 2 N–H and O–H groups in total. The molecule has 4 heteroatoms. The Kier molecular flexibility index (Phi) is 2.96. The highest BCUT2D eigenvalue weighted by Gasteiger charge is 2.29. The van der Waals surface area contributed by atoms with Crippen molar-refractivity contribution < 1.29 is 9.53 Å². The van der Waals surface area contributed by atoms with Gasteiger partial charge in [-0.2, -0.15) is 0 Å². The van der Waals surface area contributed by atoms with Crippen LogP contribution in [0.3, 0.4) is 0 Å². The summed E-state index contributed by atoms with van der Waals surface area (Å²) in [5.41, 5.74) is 9.09. The van der Waals surface area contributed by atoms with E-state index in [1.54, 1.807) is 0 Å². The van der Waals surface area contributed by atoms with Crippen LogP contribution in [0.5, 0.6) is 0 Å². The average molecular weight is 246 g/mol. The van der Waals surface area contributed by atoms with Gasteiger partial charge in [-0.15, -0.1) is 0 Å². The molecule has 18 heavy (non-hydrogen) atoms. The molecule has 0 aliphatic carbocycles. The molecular formula is C14H18N2O2. The molecule has 0 radical (unpaired) electrons. The van der Waals surface area contributed by atoms with Crippen molar-refractivity contribution in [3.05, 3.63) is 29.3 Å². The predicted octanol–water partition coefficient (Wildman–Crippen LogP) is 1.19. The molecule has 1 atom stereocenters. The van der Waals surface area contributed by atoms with Crippen molar-refractivity contribution in [2.45, 2.75) is 19.4 Å². The largest absolute Gasteiger partial charge is 0.399 e. The maximum absolute atomic E-state index is 12.3. The molecular weight excluding hydrogens is 228 g/mol. The Bertz CT molecular complexity index is 467. The van der Waals surface area contributed by atoms with Crippen molar-refractivity contribution >= 4 is 11.6 Å². The van der Waals surface area contributed by atoms with Gasteiger partial charge in [-0.05, 0) is 36.1 Å². The summed E-state index contributed by atoms with van der Waals surface area (Å²) in [6.07, 6.45) is 1.77. The fourth-order valence-corrected chi connectivity index (χ4v) is 2.75. The Morgan fingerprint density at radius 2 is 2.28 bits per heavy atom. The van der Waals surface area contributed by atoms with Crippen molar-refractivity contribution in [3.8, 4) is 0 Å². The normalized spacial score (nSPS) is 22.9. The van der Waals surface area contributed by atoms with Crippen LogP contribution in [0.1, 0.15) is 17.5 Å². The van der Waals surface area contributed by atoms with Gasteiger partial charge in [0.25, 0.3) is 0 Å². The molecule has 1 aromatic carbocycles. The van der Waals surface area contributed by atoms with Gasteiger partial charge in [0.15, 0.2) is 0 Å². The second-order valence-electron chi connectivity index (χ2n) is 5.10.